The summed E-state index contributed by atoms with van der Waals surface area (Å²) >= 11 is 0. The second-order valence-electron chi connectivity index (χ2n) is 4.78. The van der Waals surface area contributed by atoms with Crippen LogP contribution in [0, 0.1) is 0 Å². The van der Waals surface area contributed by atoms with Crippen LogP contribution >= 0.6 is 0 Å². The summed E-state index contributed by atoms with van der Waals surface area (Å²) in [5.41, 5.74) is 6.45. The first-order chi connectivity index (χ1) is 7.99. The number of benzene rings is 1. The van der Waals surface area contributed by atoms with Crippen LogP contribution in [0.5, 0.6) is 0 Å². The van der Waals surface area contributed by atoms with Gasteiger partial charge in [0.05, 0.1) is 5.75 Å². The van der Waals surface area contributed by atoms with Crippen molar-refractivity contribution >= 4 is 10.0 Å². The zero-order valence-electron chi connectivity index (χ0n) is 9.72. The van der Waals surface area contributed by atoms with Gasteiger partial charge in [-0.05, 0) is 24.8 Å². The van der Waals surface area contributed by atoms with Crippen LogP contribution in [-0.4, -0.2) is 20.5 Å². The van der Waals surface area contributed by atoms with Crippen LogP contribution < -0.4 is 10.5 Å². The fraction of sp³-hybridized carbons (Fsp3) is 0.500. The molecule has 0 atom stereocenters. The minimum absolute atomic E-state index is 0.0178. The topological polar surface area (TPSA) is 72.2 Å². The quantitative estimate of drug-likeness (QED) is 0.823. The van der Waals surface area contributed by atoms with Gasteiger partial charge < -0.3 is 5.73 Å². The average Bonchev–Trinajstić information content (AvgIpc) is 2.25. The van der Waals surface area contributed by atoms with Crippen LogP contribution in [0.1, 0.15) is 24.8 Å². The monoisotopic (exact) mass is 254 g/mol. The number of sulfonamides is 1. The number of nitrogens with two attached hydrogens (primary N) is 1. The summed E-state index contributed by atoms with van der Waals surface area (Å²) in [6.07, 6.45) is 2.90. The van der Waals surface area contributed by atoms with Gasteiger partial charge in [-0.3, -0.25) is 0 Å². The van der Waals surface area contributed by atoms with E-state index in [1.54, 1.807) is 12.1 Å². The van der Waals surface area contributed by atoms with Gasteiger partial charge in [0.25, 0.3) is 0 Å². The van der Waals surface area contributed by atoms with Gasteiger partial charge in [-0.2, -0.15) is 0 Å². The molecule has 0 amide bonds. The van der Waals surface area contributed by atoms with E-state index >= 15 is 0 Å². The first-order valence-electron chi connectivity index (χ1n) is 5.79. The Bertz CT molecular complexity index is 467. The lowest BCUT2D eigenvalue weighted by molar-refractivity contribution is 0.251. The molecule has 1 aliphatic carbocycles. The zero-order valence-corrected chi connectivity index (χ0v) is 10.5. The Morgan fingerprint density at radius 3 is 2.41 bits per heavy atom. The van der Waals surface area contributed by atoms with Gasteiger partial charge in [-0.1, -0.05) is 30.3 Å². The zero-order chi connectivity index (χ0) is 12.4. The second kappa shape index (κ2) is 4.76. The van der Waals surface area contributed by atoms with Crippen molar-refractivity contribution < 1.29 is 8.42 Å². The first kappa shape index (κ1) is 12.5. The molecule has 17 heavy (non-hydrogen) atoms. The molecule has 2 rings (SSSR count). The summed E-state index contributed by atoms with van der Waals surface area (Å²) < 4.78 is 26.2. The molecule has 0 unspecified atom stereocenters. The highest BCUT2D eigenvalue weighted by atomic mass is 32.2. The molecule has 94 valence electrons. The molecule has 1 fully saturated rings. The Morgan fingerprint density at radius 1 is 1.24 bits per heavy atom. The van der Waals surface area contributed by atoms with Crippen LogP contribution in [0.4, 0.5) is 0 Å². The molecule has 0 bridgehead atoms. The Balaban J connectivity index is 1.91. The van der Waals surface area contributed by atoms with E-state index in [0.717, 1.165) is 24.8 Å². The minimum Gasteiger partial charge on any atom is -0.324 e. The summed E-state index contributed by atoms with van der Waals surface area (Å²) in [5.74, 6) is 0.0178. The second-order valence-corrected chi connectivity index (χ2v) is 6.59. The van der Waals surface area contributed by atoms with E-state index in [1.807, 2.05) is 18.2 Å². The molecule has 1 aliphatic rings. The molecule has 3 N–H and O–H groups in total. The molecular weight excluding hydrogens is 236 g/mol. The third kappa shape index (κ3) is 3.52. The maximum absolute atomic E-state index is 11.8. The first-order valence-corrected chi connectivity index (χ1v) is 7.45. The van der Waals surface area contributed by atoms with E-state index in [9.17, 15) is 8.42 Å². The lowest BCUT2D eigenvalue weighted by atomic mass is 9.78. The van der Waals surface area contributed by atoms with E-state index < -0.39 is 10.0 Å². The molecule has 0 aliphatic heterocycles. The average molecular weight is 254 g/mol. The van der Waals surface area contributed by atoms with Gasteiger partial charge in [-0.15, -0.1) is 0 Å². The van der Waals surface area contributed by atoms with E-state index in [4.69, 9.17) is 5.73 Å². The lowest BCUT2D eigenvalue weighted by Crippen LogP contribution is -2.54. The molecule has 0 radical (unpaired) electrons. The molecule has 1 aromatic rings. The minimum atomic E-state index is -3.27. The summed E-state index contributed by atoms with van der Waals surface area (Å²) in [6.45, 7) is 0.349. The highest BCUT2D eigenvalue weighted by Crippen LogP contribution is 2.28. The molecule has 0 aromatic heterocycles. The molecule has 1 aromatic carbocycles. The number of rotatable bonds is 5. The van der Waals surface area contributed by atoms with Crippen molar-refractivity contribution in [2.24, 2.45) is 5.73 Å². The predicted molar refractivity (Wildman–Crippen MR) is 67.8 cm³/mol. The highest BCUT2D eigenvalue weighted by Gasteiger charge is 2.33. The number of hydrogen-bond donors (Lipinski definition) is 2. The van der Waals surface area contributed by atoms with Crippen molar-refractivity contribution in [1.29, 1.82) is 0 Å². The number of nitrogens with one attached hydrogen (secondary N) is 1. The van der Waals surface area contributed by atoms with Gasteiger partial charge in [0.15, 0.2) is 0 Å². The standard InChI is InChI=1S/C12H18N2O2S/c13-12(7-4-8-12)10-14-17(15,16)9-11-5-2-1-3-6-11/h1-3,5-6,14H,4,7-10,13H2. The van der Waals surface area contributed by atoms with E-state index in [0.29, 0.717) is 6.54 Å². The third-order valence-corrected chi connectivity index (χ3v) is 4.49. The fourth-order valence-electron chi connectivity index (χ4n) is 1.91. The normalized spacial score (nSPS) is 18.6. The Hall–Kier alpha value is -0.910. The van der Waals surface area contributed by atoms with Crippen LogP contribution in [0.25, 0.3) is 0 Å². The Kier molecular flexibility index (Phi) is 3.51. The van der Waals surface area contributed by atoms with Crippen LogP contribution in [0.15, 0.2) is 30.3 Å². The van der Waals surface area contributed by atoms with Crippen molar-refractivity contribution in [2.75, 3.05) is 6.54 Å². The van der Waals surface area contributed by atoms with E-state index in [1.165, 1.54) is 0 Å². The van der Waals surface area contributed by atoms with Gasteiger partial charge in [0.2, 0.25) is 10.0 Å². The maximum atomic E-state index is 11.8. The van der Waals surface area contributed by atoms with Gasteiger partial charge >= 0.3 is 0 Å². The van der Waals surface area contributed by atoms with Crippen molar-refractivity contribution in [3.05, 3.63) is 35.9 Å². The largest absolute Gasteiger partial charge is 0.324 e. The summed E-state index contributed by atoms with van der Waals surface area (Å²) in [5, 5.41) is 0. The molecule has 4 nitrogen and oxygen atoms in total. The molecule has 1 saturated carbocycles. The maximum Gasteiger partial charge on any atom is 0.215 e. The lowest BCUT2D eigenvalue weighted by Gasteiger charge is -2.38. The summed E-state index contributed by atoms with van der Waals surface area (Å²) in [7, 11) is -3.27. The van der Waals surface area contributed by atoms with E-state index in [2.05, 4.69) is 4.72 Å². The van der Waals surface area contributed by atoms with E-state index in [-0.39, 0.29) is 11.3 Å². The molecule has 0 saturated heterocycles. The number of hydrogen-bond acceptors (Lipinski definition) is 3. The Labute approximate surface area is 102 Å². The van der Waals surface area contributed by atoms with Gasteiger partial charge in [0.1, 0.15) is 0 Å². The van der Waals surface area contributed by atoms with Crippen LogP contribution in [0.3, 0.4) is 0 Å². The summed E-state index contributed by atoms with van der Waals surface area (Å²) in [4.78, 5) is 0. The molecular formula is C12H18N2O2S. The van der Waals surface area contributed by atoms with Gasteiger partial charge in [-0.25, -0.2) is 13.1 Å². The SMILES string of the molecule is NC1(CNS(=O)(=O)Cc2ccccc2)CCC1. The van der Waals surface area contributed by atoms with Gasteiger partial charge in [0, 0.05) is 12.1 Å². The van der Waals surface area contributed by atoms with Crippen LogP contribution in [0.2, 0.25) is 0 Å². The smallest absolute Gasteiger partial charge is 0.215 e. The Morgan fingerprint density at radius 2 is 1.88 bits per heavy atom. The predicted octanol–water partition coefficient (Wildman–Crippen LogP) is 0.987. The summed E-state index contributed by atoms with van der Waals surface area (Å²) in [6, 6.07) is 9.15. The third-order valence-electron chi connectivity index (χ3n) is 3.19. The fourth-order valence-corrected chi connectivity index (χ4v) is 3.15. The molecule has 0 spiro atoms. The van der Waals surface area contributed by atoms with Crippen molar-refractivity contribution in [2.45, 2.75) is 30.6 Å². The molecule has 0 heterocycles. The van der Waals surface area contributed by atoms with Crippen molar-refractivity contribution in [3.63, 3.8) is 0 Å². The molecule has 5 heteroatoms. The van der Waals surface area contributed by atoms with Crippen molar-refractivity contribution in [3.8, 4) is 0 Å². The highest BCUT2D eigenvalue weighted by molar-refractivity contribution is 7.88. The van der Waals surface area contributed by atoms with Crippen LogP contribution in [-0.2, 0) is 15.8 Å². The van der Waals surface area contributed by atoms with Crippen molar-refractivity contribution in [1.82, 2.24) is 4.72 Å².